The van der Waals surface area contributed by atoms with Crippen LogP contribution in [0.3, 0.4) is 0 Å². The van der Waals surface area contributed by atoms with Gasteiger partial charge in [0, 0.05) is 24.2 Å². The number of hydrogen-bond acceptors (Lipinski definition) is 3. The van der Waals surface area contributed by atoms with Crippen molar-refractivity contribution in [3.63, 3.8) is 0 Å². The van der Waals surface area contributed by atoms with Gasteiger partial charge in [-0.15, -0.1) is 12.4 Å². The highest BCUT2D eigenvalue weighted by Crippen LogP contribution is 2.38. The molecule has 1 amide bonds. The number of methoxy groups -OCH3 is 1. The largest absolute Gasteiger partial charge is 0.496 e. The van der Waals surface area contributed by atoms with Gasteiger partial charge in [-0.3, -0.25) is 4.79 Å². The summed E-state index contributed by atoms with van der Waals surface area (Å²) in [7, 11) is 1.56. The van der Waals surface area contributed by atoms with E-state index in [4.69, 9.17) is 22.1 Å². The number of nitrogens with two attached hydrogens (primary N) is 1. The maximum atomic E-state index is 12.7. The van der Waals surface area contributed by atoms with Gasteiger partial charge in [-0.1, -0.05) is 11.6 Å². The maximum Gasteiger partial charge on any atom is 0.257 e. The molecule has 1 saturated carbocycles. The Morgan fingerprint density at radius 1 is 1.38 bits per heavy atom. The molecule has 3 rings (SSSR count). The number of halogens is 2. The number of carbonyl (C=O) groups is 1. The third-order valence-electron chi connectivity index (χ3n) is 4.59. The summed E-state index contributed by atoms with van der Waals surface area (Å²) in [4.78, 5) is 14.6. The lowest BCUT2D eigenvalue weighted by Gasteiger charge is -2.20. The number of ether oxygens (including phenoxy) is 1. The first-order chi connectivity index (χ1) is 9.60. The van der Waals surface area contributed by atoms with E-state index in [1.54, 1.807) is 25.3 Å². The number of amides is 1. The molecule has 3 unspecified atom stereocenters. The van der Waals surface area contributed by atoms with Crippen molar-refractivity contribution in [1.29, 1.82) is 0 Å². The van der Waals surface area contributed by atoms with Gasteiger partial charge in [-0.2, -0.15) is 0 Å². The van der Waals surface area contributed by atoms with Gasteiger partial charge in [0.05, 0.1) is 12.7 Å². The van der Waals surface area contributed by atoms with Crippen LogP contribution in [0.1, 0.15) is 23.2 Å². The van der Waals surface area contributed by atoms with Crippen LogP contribution < -0.4 is 10.5 Å². The highest BCUT2D eigenvalue weighted by molar-refractivity contribution is 6.31. The van der Waals surface area contributed by atoms with E-state index < -0.39 is 0 Å². The average Bonchev–Trinajstić information content (AvgIpc) is 3.00. The molecule has 1 saturated heterocycles. The predicted octanol–water partition coefficient (Wildman–Crippen LogP) is 2.58. The van der Waals surface area contributed by atoms with Crippen molar-refractivity contribution in [3.8, 4) is 5.75 Å². The third-order valence-corrected chi connectivity index (χ3v) is 4.83. The number of rotatable bonds is 2. The van der Waals surface area contributed by atoms with Gasteiger partial charge in [-0.25, -0.2) is 0 Å². The molecule has 0 bridgehead atoms. The zero-order valence-electron chi connectivity index (χ0n) is 11.9. The summed E-state index contributed by atoms with van der Waals surface area (Å²) in [6.45, 7) is 1.55. The Kier molecular flexibility index (Phi) is 5.02. The van der Waals surface area contributed by atoms with Crippen molar-refractivity contribution in [2.75, 3.05) is 20.2 Å². The van der Waals surface area contributed by atoms with Gasteiger partial charge in [0.2, 0.25) is 0 Å². The molecule has 1 aliphatic carbocycles. The number of hydrogen-bond donors (Lipinski definition) is 1. The van der Waals surface area contributed by atoms with E-state index >= 15 is 0 Å². The Hall–Kier alpha value is -0.970. The van der Waals surface area contributed by atoms with Crippen LogP contribution in [0, 0.1) is 11.8 Å². The van der Waals surface area contributed by atoms with E-state index in [1.165, 1.54) is 0 Å². The molecule has 0 radical (unpaired) electrons. The van der Waals surface area contributed by atoms with Crippen LogP contribution in [-0.4, -0.2) is 37.0 Å². The molecule has 1 aromatic carbocycles. The number of fused-ring (bicyclic) bond motifs is 1. The summed E-state index contributed by atoms with van der Waals surface area (Å²) in [5.41, 5.74) is 6.65. The fraction of sp³-hybridized carbons (Fsp3) is 0.533. The molecule has 1 aliphatic heterocycles. The molecule has 0 aromatic heterocycles. The quantitative estimate of drug-likeness (QED) is 0.906. The van der Waals surface area contributed by atoms with E-state index in [0.29, 0.717) is 28.2 Å². The number of carbonyl (C=O) groups excluding carboxylic acids is 1. The lowest BCUT2D eigenvalue weighted by atomic mass is 9.98. The lowest BCUT2D eigenvalue weighted by Crippen LogP contribution is -2.33. The van der Waals surface area contributed by atoms with Crippen molar-refractivity contribution in [2.45, 2.75) is 18.9 Å². The first-order valence-electron chi connectivity index (χ1n) is 6.98. The number of benzene rings is 1. The lowest BCUT2D eigenvalue weighted by molar-refractivity contribution is 0.0776. The fourth-order valence-corrected chi connectivity index (χ4v) is 3.66. The van der Waals surface area contributed by atoms with Crippen LogP contribution >= 0.6 is 24.0 Å². The minimum atomic E-state index is -0.00838. The Morgan fingerprint density at radius 2 is 2.14 bits per heavy atom. The van der Waals surface area contributed by atoms with E-state index in [9.17, 15) is 4.79 Å². The second-order valence-electron chi connectivity index (χ2n) is 5.72. The van der Waals surface area contributed by atoms with Gasteiger partial charge < -0.3 is 15.4 Å². The summed E-state index contributed by atoms with van der Waals surface area (Å²) in [6, 6.07) is 5.37. The molecule has 0 spiro atoms. The fourth-order valence-electron chi connectivity index (χ4n) is 3.49. The van der Waals surface area contributed by atoms with Crippen molar-refractivity contribution in [3.05, 3.63) is 28.8 Å². The number of nitrogens with zero attached hydrogens (tertiary/aromatic N) is 1. The topological polar surface area (TPSA) is 55.6 Å². The molecule has 2 N–H and O–H groups in total. The monoisotopic (exact) mass is 330 g/mol. The minimum Gasteiger partial charge on any atom is -0.496 e. The molecule has 3 atom stereocenters. The van der Waals surface area contributed by atoms with Crippen molar-refractivity contribution >= 4 is 29.9 Å². The standard InChI is InChI=1S/C15H19ClN2O2.ClH/c1-20-14-5-3-10(16)6-11(14)15(19)18-7-9-2-4-13(17)12(9)8-18;/h3,5-6,9,12-13H,2,4,7-8,17H2,1H3;1H. The summed E-state index contributed by atoms with van der Waals surface area (Å²) >= 11 is 6.00. The molecule has 1 heterocycles. The van der Waals surface area contributed by atoms with Crippen LogP contribution in [0.15, 0.2) is 18.2 Å². The Labute approximate surface area is 136 Å². The SMILES string of the molecule is COc1ccc(Cl)cc1C(=O)N1CC2CCC(N)C2C1.Cl. The van der Waals surface area contributed by atoms with E-state index in [0.717, 1.165) is 25.9 Å². The number of likely N-dealkylation sites (tertiary alicyclic amines) is 1. The van der Waals surface area contributed by atoms with Crippen molar-refractivity contribution in [2.24, 2.45) is 17.6 Å². The first kappa shape index (κ1) is 16.4. The zero-order chi connectivity index (χ0) is 14.3. The van der Waals surface area contributed by atoms with Gasteiger partial charge in [0.25, 0.3) is 5.91 Å². The molecule has 1 aromatic rings. The Balaban J connectivity index is 0.00000161. The van der Waals surface area contributed by atoms with Gasteiger partial charge in [-0.05, 0) is 42.9 Å². The van der Waals surface area contributed by atoms with E-state index in [1.807, 2.05) is 4.90 Å². The maximum absolute atomic E-state index is 12.7. The molecular weight excluding hydrogens is 311 g/mol. The van der Waals surface area contributed by atoms with Crippen LogP contribution in [-0.2, 0) is 0 Å². The van der Waals surface area contributed by atoms with Gasteiger partial charge in [0.1, 0.15) is 5.75 Å². The van der Waals surface area contributed by atoms with E-state index in [2.05, 4.69) is 0 Å². The molecule has 116 valence electrons. The third kappa shape index (κ3) is 2.98. The van der Waals surface area contributed by atoms with Crippen LogP contribution in [0.4, 0.5) is 0 Å². The van der Waals surface area contributed by atoms with E-state index in [-0.39, 0.29) is 24.4 Å². The summed E-state index contributed by atoms with van der Waals surface area (Å²) in [5, 5.41) is 0.547. The normalized spacial score (nSPS) is 27.2. The summed E-state index contributed by atoms with van der Waals surface area (Å²) in [6.07, 6.45) is 2.21. The molecule has 2 aliphatic rings. The van der Waals surface area contributed by atoms with Crippen LogP contribution in [0.2, 0.25) is 5.02 Å². The minimum absolute atomic E-state index is 0. The Bertz CT molecular complexity index is 538. The van der Waals surface area contributed by atoms with Gasteiger partial charge in [0.15, 0.2) is 0 Å². The van der Waals surface area contributed by atoms with Crippen LogP contribution in [0.5, 0.6) is 5.75 Å². The van der Waals surface area contributed by atoms with Crippen molar-refractivity contribution in [1.82, 2.24) is 4.90 Å². The Morgan fingerprint density at radius 3 is 2.81 bits per heavy atom. The predicted molar refractivity (Wildman–Crippen MR) is 85.3 cm³/mol. The second-order valence-corrected chi connectivity index (χ2v) is 6.16. The highest BCUT2D eigenvalue weighted by Gasteiger charge is 2.42. The molecular formula is C15H20Cl2N2O2. The zero-order valence-corrected chi connectivity index (χ0v) is 13.5. The molecule has 4 nitrogen and oxygen atoms in total. The smallest absolute Gasteiger partial charge is 0.257 e. The molecule has 6 heteroatoms. The molecule has 2 fully saturated rings. The van der Waals surface area contributed by atoms with Gasteiger partial charge >= 0.3 is 0 Å². The molecule has 21 heavy (non-hydrogen) atoms. The summed E-state index contributed by atoms with van der Waals surface area (Å²) in [5.74, 6) is 1.56. The van der Waals surface area contributed by atoms with Crippen LogP contribution in [0.25, 0.3) is 0 Å². The summed E-state index contributed by atoms with van der Waals surface area (Å²) < 4.78 is 5.27. The second kappa shape index (κ2) is 6.42. The van der Waals surface area contributed by atoms with Crippen molar-refractivity contribution < 1.29 is 9.53 Å². The highest BCUT2D eigenvalue weighted by atomic mass is 35.5. The average molecular weight is 331 g/mol. The first-order valence-corrected chi connectivity index (χ1v) is 7.36.